The first-order valence-electron chi connectivity index (χ1n) is 10.5. The lowest BCUT2D eigenvalue weighted by molar-refractivity contribution is -0.142. The van der Waals surface area contributed by atoms with E-state index < -0.39 is 6.04 Å². The van der Waals surface area contributed by atoms with Crippen molar-refractivity contribution in [3.8, 4) is 5.75 Å². The maximum atomic E-state index is 13.2. The molecule has 0 spiro atoms. The molecule has 0 unspecified atom stereocenters. The Balaban J connectivity index is 1.81. The first-order chi connectivity index (χ1) is 15.0. The summed E-state index contributed by atoms with van der Waals surface area (Å²) >= 11 is 5.99. The molecule has 3 aromatic rings. The van der Waals surface area contributed by atoms with Crippen LogP contribution >= 0.6 is 11.6 Å². The van der Waals surface area contributed by atoms with E-state index >= 15 is 0 Å². The van der Waals surface area contributed by atoms with Crippen molar-refractivity contribution >= 4 is 34.2 Å². The number of fused-ring (bicyclic) bond motifs is 1. The topological polar surface area (TPSA) is 58.6 Å². The van der Waals surface area contributed by atoms with E-state index in [9.17, 15) is 9.59 Å². The summed E-state index contributed by atoms with van der Waals surface area (Å²) in [5.41, 5.74) is 0.894. The van der Waals surface area contributed by atoms with Gasteiger partial charge in [-0.25, -0.2) is 0 Å². The number of hydrogen-bond acceptors (Lipinski definition) is 3. The Morgan fingerprint density at radius 3 is 2.42 bits per heavy atom. The number of likely N-dealkylation sites (N-methyl/N-ethyl adjacent to an activating group) is 1. The van der Waals surface area contributed by atoms with Gasteiger partial charge in [0, 0.05) is 23.5 Å². The molecule has 2 amide bonds. The molecule has 0 radical (unpaired) electrons. The molecule has 31 heavy (non-hydrogen) atoms. The molecule has 3 rings (SSSR count). The van der Waals surface area contributed by atoms with Crippen LogP contribution in [0, 0.1) is 0 Å². The monoisotopic (exact) mass is 438 g/mol. The Morgan fingerprint density at radius 1 is 1.00 bits per heavy atom. The van der Waals surface area contributed by atoms with Gasteiger partial charge in [0.05, 0.1) is 0 Å². The SMILES string of the molecule is CCNC(=O)[C@H](CC)N(Cc1ccc(Cl)cc1)C(=O)COc1cccc2ccccc12. The molecular weight excluding hydrogens is 412 g/mol. The van der Waals surface area contributed by atoms with Crippen LogP contribution in [0.2, 0.25) is 5.02 Å². The van der Waals surface area contributed by atoms with Crippen LogP contribution in [0.1, 0.15) is 25.8 Å². The molecular formula is C25H27ClN2O3. The lowest BCUT2D eigenvalue weighted by Crippen LogP contribution is -2.50. The summed E-state index contributed by atoms with van der Waals surface area (Å²) in [4.78, 5) is 27.5. The highest BCUT2D eigenvalue weighted by atomic mass is 35.5. The number of amides is 2. The van der Waals surface area contributed by atoms with E-state index in [1.54, 1.807) is 17.0 Å². The molecule has 5 nitrogen and oxygen atoms in total. The summed E-state index contributed by atoms with van der Waals surface area (Å²) < 4.78 is 5.91. The third-order valence-corrected chi connectivity index (χ3v) is 5.36. The Labute approximate surface area is 188 Å². The summed E-state index contributed by atoms with van der Waals surface area (Å²) in [7, 11) is 0. The number of benzene rings is 3. The van der Waals surface area contributed by atoms with E-state index in [-0.39, 0.29) is 18.4 Å². The van der Waals surface area contributed by atoms with Gasteiger partial charge in [0.2, 0.25) is 5.91 Å². The van der Waals surface area contributed by atoms with Crippen LogP contribution in [-0.2, 0) is 16.1 Å². The van der Waals surface area contributed by atoms with Crippen molar-refractivity contribution in [3.63, 3.8) is 0 Å². The van der Waals surface area contributed by atoms with Gasteiger partial charge in [-0.3, -0.25) is 9.59 Å². The first kappa shape index (κ1) is 22.6. The van der Waals surface area contributed by atoms with Crippen LogP contribution in [0.5, 0.6) is 5.75 Å². The van der Waals surface area contributed by atoms with E-state index in [1.807, 2.05) is 68.4 Å². The van der Waals surface area contributed by atoms with Crippen LogP contribution < -0.4 is 10.1 Å². The number of ether oxygens (including phenoxy) is 1. The molecule has 6 heteroatoms. The number of rotatable bonds is 9. The second-order valence-corrected chi connectivity index (χ2v) is 7.67. The van der Waals surface area contributed by atoms with Gasteiger partial charge in [-0.05, 0) is 42.5 Å². The number of nitrogens with one attached hydrogen (secondary N) is 1. The Hall–Kier alpha value is -3.05. The number of carbonyl (C=O) groups excluding carboxylic acids is 2. The summed E-state index contributed by atoms with van der Waals surface area (Å²) in [5, 5.41) is 5.44. The number of carbonyl (C=O) groups is 2. The van der Waals surface area contributed by atoms with Crippen molar-refractivity contribution in [1.82, 2.24) is 10.2 Å². The van der Waals surface area contributed by atoms with Gasteiger partial charge in [-0.2, -0.15) is 0 Å². The molecule has 0 aliphatic rings. The predicted octanol–water partition coefficient (Wildman–Crippen LogP) is 4.82. The molecule has 162 valence electrons. The summed E-state index contributed by atoms with van der Waals surface area (Å²) in [6, 6.07) is 20.3. The second-order valence-electron chi connectivity index (χ2n) is 7.23. The fraction of sp³-hybridized carbons (Fsp3) is 0.280. The van der Waals surface area contributed by atoms with E-state index in [0.717, 1.165) is 16.3 Å². The van der Waals surface area contributed by atoms with Gasteiger partial charge >= 0.3 is 0 Å². The van der Waals surface area contributed by atoms with Crippen molar-refractivity contribution in [3.05, 3.63) is 77.3 Å². The number of nitrogens with zero attached hydrogens (tertiary/aromatic N) is 1. The highest BCUT2D eigenvalue weighted by Crippen LogP contribution is 2.25. The van der Waals surface area contributed by atoms with Crippen molar-refractivity contribution in [2.75, 3.05) is 13.2 Å². The smallest absolute Gasteiger partial charge is 0.261 e. The lowest BCUT2D eigenvalue weighted by Gasteiger charge is -2.30. The molecule has 0 aromatic heterocycles. The van der Waals surface area contributed by atoms with Crippen LogP contribution in [0.15, 0.2) is 66.7 Å². The van der Waals surface area contributed by atoms with Crippen molar-refractivity contribution in [2.45, 2.75) is 32.9 Å². The zero-order valence-corrected chi connectivity index (χ0v) is 18.6. The van der Waals surface area contributed by atoms with Crippen molar-refractivity contribution < 1.29 is 14.3 Å². The zero-order chi connectivity index (χ0) is 22.2. The Morgan fingerprint density at radius 2 is 1.71 bits per heavy atom. The average molecular weight is 439 g/mol. The lowest BCUT2D eigenvalue weighted by atomic mass is 10.1. The van der Waals surface area contributed by atoms with Gasteiger partial charge in [0.25, 0.3) is 5.91 Å². The molecule has 0 bridgehead atoms. The Bertz CT molecular complexity index is 1030. The molecule has 0 saturated heterocycles. The minimum atomic E-state index is -0.584. The second kappa shape index (κ2) is 10.8. The molecule has 0 aliphatic carbocycles. The Kier molecular flexibility index (Phi) is 7.90. The van der Waals surface area contributed by atoms with Crippen LogP contribution in [0.3, 0.4) is 0 Å². The fourth-order valence-corrected chi connectivity index (χ4v) is 3.67. The summed E-state index contributed by atoms with van der Waals surface area (Å²) in [6.45, 7) is 4.40. The van der Waals surface area contributed by atoms with Gasteiger partial charge in [0.15, 0.2) is 6.61 Å². The van der Waals surface area contributed by atoms with Crippen molar-refractivity contribution in [1.29, 1.82) is 0 Å². The molecule has 0 aliphatic heterocycles. The molecule has 0 fully saturated rings. The highest BCUT2D eigenvalue weighted by molar-refractivity contribution is 6.30. The summed E-state index contributed by atoms with van der Waals surface area (Å²) in [5.74, 6) is 0.224. The van der Waals surface area contributed by atoms with Gasteiger partial charge in [-0.1, -0.05) is 67.1 Å². The third-order valence-electron chi connectivity index (χ3n) is 5.10. The first-order valence-corrected chi connectivity index (χ1v) is 10.8. The van der Waals surface area contributed by atoms with E-state index in [0.29, 0.717) is 30.3 Å². The van der Waals surface area contributed by atoms with Crippen molar-refractivity contribution in [2.24, 2.45) is 0 Å². The third kappa shape index (κ3) is 5.76. The van der Waals surface area contributed by atoms with Gasteiger partial charge in [-0.15, -0.1) is 0 Å². The minimum Gasteiger partial charge on any atom is -0.483 e. The number of halogens is 1. The molecule has 0 saturated carbocycles. The average Bonchev–Trinajstić information content (AvgIpc) is 2.78. The summed E-state index contributed by atoms with van der Waals surface area (Å²) in [6.07, 6.45) is 0.499. The molecule has 1 atom stereocenters. The maximum Gasteiger partial charge on any atom is 0.261 e. The number of hydrogen-bond donors (Lipinski definition) is 1. The molecule has 0 heterocycles. The van der Waals surface area contributed by atoms with Crippen LogP contribution in [0.4, 0.5) is 0 Å². The molecule has 1 N–H and O–H groups in total. The quantitative estimate of drug-likeness (QED) is 0.521. The van der Waals surface area contributed by atoms with E-state index in [1.165, 1.54) is 0 Å². The van der Waals surface area contributed by atoms with E-state index in [2.05, 4.69) is 5.32 Å². The standard InChI is InChI=1S/C25H27ClN2O3/c1-3-22(25(30)27-4-2)28(16-18-12-14-20(26)15-13-18)24(29)17-31-23-11-7-9-19-8-5-6-10-21(19)23/h5-15,22H,3-4,16-17H2,1-2H3,(H,27,30)/t22-/m0/s1. The zero-order valence-electron chi connectivity index (χ0n) is 17.8. The van der Waals surface area contributed by atoms with Crippen LogP contribution in [0.25, 0.3) is 10.8 Å². The predicted molar refractivity (Wildman–Crippen MR) is 124 cm³/mol. The normalized spacial score (nSPS) is 11.7. The fourth-order valence-electron chi connectivity index (χ4n) is 3.54. The van der Waals surface area contributed by atoms with Gasteiger partial charge < -0.3 is 15.0 Å². The maximum absolute atomic E-state index is 13.2. The van der Waals surface area contributed by atoms with E-state index in [4.69, 9.17) is 16.3 Å². The highest BCUT2D eigenvalue weighted by Gasteiger charge is 2.28. The van der Waals surface area contributed by atoms with Gasteiger partial charge in [0.1, 0.15) is 11.8 Å². The van der Waals surface area contributed by atoms with Crippen LogP contribution in [-0.4, -0.2) is 35.9 Å². The minimum absolute atomic E-state index is 0.155. The largest absolute Gasteiger partial charge is 0.483 e. The molecule has 3 aromatic carbocycles.